The highest BCUT2D eigenvalue weighted by Gasteiger charge is 2.15. The number of carbonyl (C=O) groups excluding carboxylic acids is 1. The van der Waals surface area contributed by atoms with Gasteiger partial charge in [0.05, 0.1) is 6.54 Å². The number of hydrogen-bond donors (Lipinski definition) is 2. The second kappa shape index (κ2) is 8.54. The molecular formula is C17H28N2OS. The summed E-state index contributed by atoms with van der Waals surface area (Å²) in [5, 5.41) is 3.07. The van der Waals surface area contributed by atoms with Gasteiger partial charge < -0.3 is 11.1 Å². The number of aryl methyl sites for hydroxylation is 2. The Kier molecular flexibility index (Phi) is 6.71. The van der Waals surface area contributed by atoms with Crippen molar-refractivity contribution < 1.29 is 4.79 Å². The SMILES string of the molecule is CCCC(CCN)CCC(=O)NCc1cc2c(s1)CCC2. The van der Waals surface area contributed by atoms with Crippen LogP contribution < -0.4 is 11.1 Å². The Hall–Kier alpha value is -0.870. The molecule has 3 nitrogen and oxygen atoms in total. The molecule has 0 aromatic carbocycles. The third-order valence-electron chi connectivity index (χ3n) is 4.31. The van der Waals surface area contributed by atoms with Gasteiger partial charge in [0.25, 0.3) is 0 Å². The van der Waals surface area contributed by atoms with Gasteiger partial charge in [0.15, 0.2) is 0 Å². The quantitative estimate of drug-likeness (QED) is 0.734. The number of hydrogen-bond acceptors (Lipinski definition) is 3. The molecule has 1 aromatic rings. The fourth-order valence-electron chi connectivity index (χ4n) is 3.16. The van der Waals surface area contributed by atoms with Crippen molar-refractivity contribution in [3.05, 3.63) is 21.4 Å². The lowest BCUT2D eigenvalue weighted by Crippen LogP contribution is -2.23. The topological polar surface area (TPSA) is 55.1 Å². The minimum Gasteiger partial charge on any atom is -0.351 e. The van der Waals surface area contributed by atoms with Crippen LogP contribution in [0.2, 0.25) is 0 Å². The minimum atomic E-state index is 0.182. The predicted octanol–water partition coefficient (Wildman–Crippen LogP) is 3.40. The van der Waals surface area contributed by atoms with Gasteiger partial charge in [-0.2, -0.15) is 0 Å². The third-order valence-corrected chi connectivity index (χ3v) is 5.55. The zero-order valence-corrected chi connectivity index (χ0v) is 13.9. The summed E-state index contributed by atoms with van der Waals surface area (Å²) in [7, 11) is 0. The van der Waals surface area contributed by atoms with Crippen LogP contribution in [0.5, 0.6) is 0 Å². The zero-order chi connectivity index (χ0) is 15.1. The van der Waals surface area contributed by atoms with Gasteiger partial charge >= 0.3 is 0 Å². The Labute approximate surface area is 132 Å². The average Bonchev–Trinajstić information content (AvgIpc) is 3.04. The number of fused-ring (bicyclic) bond motifs is 1. The fraction of sp³-hybridized carbons (Fsp3) is 0.706. The molecule has 1 heterocycles. The smallest absolute Gasteiger partial charge is 0.220 e. The van der Waals surface area contributed by atoms with Gasteiger partial charge in [-0.3, -0.25) is 4.79 Å². The van der Waals surface area contributed by atoms with E-state index in [1.54, 1.807) is 0 Å². The van der Waals surface area contributed by atoms with Crippen LogP contribution in [-0.4, -0.2) is 12.5 Å². The summed E-state index contributed by atoms with van der Waals surface area (Å²) < 4.78 is 0. The van der Waals surface area contributed by atoms with Crippen molar-refractivity contribution >= 4 is 17.2 Å². The Morgan fingerprint density at radius 1 is 1.38 bits per heavy atom. The van der Waals surface area contributed by atoms with Crippen LogP contribution in [0.4, 0.5) is 0 Å². The van der Waals surface area contributed by atoms with Crippen LogP contribution >= 0.6 is 11.3 Å². The highest BCUT2D eigenvalue weighted by atomic mass is 32.1. The Balaban J connectivity index is 1.69. The van der Waals surface area contributed by atoms with E-state index in [1.165, 1.54) is 47.4 Å². The lowest BCUT2D eigenvalue weighted by atomic mass is 9.94. The Morgan fingerprint density at radius 2 is 2.24 bits per heavy atom. The summed E-state index contributed by atoms with van der Waals surface area (Å²) in [4.78, 5) is 14.8. The largest absolute Gasteiger partial charge is 0.351 e. The van der Waals surface area contributed by atoms with E-state index < -0.39 is 0 Å². The molecule has 0 aliphatic heterocycles. The van der Waals surface area contributed by atoms with Crippen LogP contribution in [0, 0.1) is 5.92 Å². The molecule has 118 valence electrons. The summed E-state index contributed by atoms with van der Waals surface area (Å²) in [5.41, 5.74) is 7.15. The summed E-state index contributed by atoms with van der Waals surface area (Å²) in [6.45, 7) is 3.62. The van der Waals surface area contributed by atoms with Crippen LogP contribution in [0.15, 0.2) is 6.07 Å². The van der Waals surface area contributed by atoms with Crippen molar-refractivity contribution in [2.75, 3.05) is 6.54 Å². The van der Waals surface area contributed by atoms with Gasteiger partial charge in [-0.25, -0.2) is 0 Å². The number of thiophene rings is 1. The fourth-order valence-corrected chi connectivity index (χ4v) is 4.36. The summed E-state index contributed by atoms with van der Waals surface area (Å²) in [6, 6.07) is 2.28. The van der Waals surface area contributed by atoms with E-state index in [4.69, 9.17) is 5.73 Å². The molecule has 0 spiro atoms. The number of amides is 1. The van der Waals surface area contributed by atoms with Crippen molar-refractivity contribution in [3.8, 4) is 0 Å². The van der Waals surface area contributed by atoms with E-state index in [0.717, 1.165) is 19.4 Å². The molecule has 1 unspecified atom stereocenters. The number of carbonyl (C=O) groups is 1. The normalized spacial score (nSPS) is 15.0. The molecule has 2 rings (SSSR count). The first kappa shape index (κ1) is 16.5. The van der Waals surface area contributed by atoms with Crippen molar-refractivity contribution in [1.82, 2.24) is 5.32 Å². The van der Waals surface area contributed by atoms with Gasteiger partial charge in [0.1, 0.15) is 0 Å². The molecule has 1 aromatic heterocycles. The molecule has 1 aliphatic carbocycles. The van der Waals surface area contributed by atoms with Crippen LogP contribution in [0.3, 0.4) is 0 Å². The average molecular weight is 308 g/mol. The minimum absolute atomic E-state index is 0.182. The van der Waals surface area contributed by atoms with Gasteiger partial charge in [-0.15, -0.1) is 11.3 Å². The number of nitrogens with one attached hydrogen (secondary N) is 1. The van der Waals surface area contributed by atoms with Crippen molar-refractivity contribution in [1.29, 1.82) is 0 Å². The molecule has 1 atom stereocenters. The van der Waals surface area contributed by atoms with Crippen molar-refractivity contribution in [2.24, 2.45) is 11.7 Å². The molecule has 21 heavy (non-hydrogen) atoms. The molecule has 0 fully saturated rings. The first-order valence-corrected chi connectivity index (χ1v) is 9.11. The lowest BCUT2D eigenvalue weighted by molar-refractivity contribution is -0.121. The molecule has 0 saturated heterocycles. The van der Waals surface area contributed by atoms with Crippen LogP contribution in [0.25, 0.3) is 0 Å². The van der Waals surface area contributed by atoms with Crippen LogP contribution in [-0.2, 0) is 24.2 Å². The van der Waals surface area contributed by atoms with E-state index in [0.29, 0.717) is 18.9 Å². The maximum absolute atomic E-state index is 12.0. The van der Waals surface area contributed by atoms with E-state index in [9.17, 15) is 4.79 Å². The predicted molar refractivity (Wildman–Crippen MR) is 89.5 cm³/mol. The van der Waals surface area contributed by atoms with Crippen LogP contribution in [0.1, 0.15) is 60.8 Å². The highest BCUT2D eigenvalue weighted by molar-refractivity contribution is 7.12. The summed E-state index contributed by atoms with van der Waals surface area (Å²) in [6.07, 6.45) is 8.75. The first-order valence-electron chi connectivity index (χ1n) is 8.30. The molecule has 0 radical (unpaired) electrons. The standard InChI is InChI=1S/C17H28N2OS/c1-2-4-13(9-10-18)7-8-17(20)19-12-15-11-14-5-3-6-16(14)21-15/h11,13H,2-10,12,18H2,1H3,(H,19,20). The molecule has 4 heteroatoms. The zero-order valence-electron chi connectivity index (χ0n) is 13.1. The number of rotatable bonds is 9. The number of nitrogens with two attached hydrogens (primary N) is 1. The summed E-state index contributed by atoms with van der Waals surface area (Å²) >= 11 is 1.87. The molecule has 0 bridgehead atoms. The second-order valence-corrected chi connectivity index (χ2v) is 7.28. The van der Waals surface area contributed by atoms with Gasteiger partial charge in [-0.1, -0.05) is 19.8 Å². The molecule has 1 aliphatic rings. The van der Waals surface area contributed by atoms with Crippen molar-refractivity contribution in [2.45, 2.75) is 64.8 Å². The first-order chi connectivity index (χ1) is 10.2. The maximum Gasteiger partial charge on any atom is 0.220 e. The Morgan fingerprint density at radius 3 is 2.95 bits per heavy atom. The van der Waals surface area contributed by atoms with Gasteiger partial charge in [-0.05, 0) is 56.2 Å². The van der Waals surface area contributed by atoms with Crippen molar-refractivity contribution in [3.63, 3.8) is 0 Å². The molecular weight excluding hydrogens is 280 g/mol. The van der Waals surface area contributed by atoms with E-state index in [1.807, 2.05) is 11.3 Å². The monoisotopic (exact) mass is 308 g/mol. The van der Waals surface area contributed by atoms with Gasteiger partial charge in [0.2, 0.25) is 5.91 Å². The molecule has 1 amide bonds. The molecule has 0 saturated carbocycles. The van der Waals surface area contributed by atoms with E-state index >= 15 is 0 Å². The second-order valence-electron chi connectivity index (χ2n) is 6.06. The summed E-state index contributed by atoms with van der Waals surface area (Å²) in [5.74, 6) is 0.790. The Bertz CT molecular complexity index is 428. The lowest BCUT2D eigenvalue weighted by Gasteiger charge is -2.14. The molecule has 3 N–H and O–H groups in total. The highest BCUT2D eigenvalue weighted by Crippen LogP contribution is 2.30. The van der Waals surface area contributed by atoms with E-state index in [2.05, 4.69) is 18.3 Å². The van der Waals surface area contributed by atoms with Gasteiger partial charge in [0, 0.05) is 16.2 Å². The third kappa shape index (κ3) is 5.11. The maximum atomic E-state index is 12.0. The van der Waals surface area contributed by atoms with E-state index in [-0.39, 0.29) is 5.91 Å².